The Hall–Kier alpha value is -3.11. The monoisotopic (exact) mass is 418 g/mol. The molecule has 3 N–H and O–H groups in total. The van der Waals surface area contributed by atoms with Gasteiger partial charge in [-0.3, -0.25) is 4.79 Å². The summed E-state index contributed by atoms with van der Waals surface area (Å²) in [5.41, 5.74) is 1.04. The van der Waals surface area contributed by atoms with Gasteiger partial charge in [0.1, 0.15) is 5.70 Å². The van der Waals surface area contributed by atoms with E-state index in [1.807, 2.05) is 7.05 Å². The van der Waals surface area contributed by atoms with Crippen molar-refractivity contribution < 1.29 is 29.3 Å². The average Bonchev–Trinajstić information content (AvgIpc) is 3.04. The van der Waals surface area contributed by atoms with Crippen molar-refractivity contribution in [2.24, 2.45) is 0 Å². The summed E-state index contributed by atoms with van der Waals surface area (Å²) >= 11 is 0. The lowest BCUT2D eigenvalue weighted by atomic mass is 10.1. The summed E-state index contributed by atoms with van der Waals surface area (Å²) in [6.45, 7) is 3.12. The van der Waals surface area contributed by atoms with Crippen molar-refractivity contribution in [3.8, 4) is 0 Å². The molecule has 0 atom stereocenters. The van der Waals surface area contributed by atoms with Crippen molar-refractivity contribution in [1.82, 2.24) is 9.80 Å². The molecule has 1 amide bonds. The van der Waals surface area contributed by atoms with E-state index >= 15 is 0 Å². The van der Waals surface area contributed by atoms with Gasteiger partial charge < -0.3 is 35.0 Å². The van der Waals surface area contributed by atoms with Crippen molar-refractivity contribution >= 4 is 29.2 Å². The van der Waals surface area contributed by atoms with Crippen molar-refractivity contribution in [3.05, 3.63) is 35.0 Å². The summed E-state index contributed by atoms with van der Waals surface area (Å²) < 4.78 is 4.76. The number of rotatable bonds is 7. The minimum Gasteiger partial charge on any atom is -0.478 e. The number of nitrogens with one attached hydrogen (secondary N) is 1. The van der Waals surface area contributed by atoms with Gasteiger partial charge in [-0.2, -0.15) is 0 Å². The van der Waals surface area contributed by atoms with E-state index in [0.29, 0.717) is 0 Å². The number of piperazine rings is 1. The number of ether oxygens (including phenoxy) is 1. The number of esters is 1. The number of methoxy groups -OCH3 is 1. The van der Waals surface area contributed by atoms with Crippen LogP contribution in [0.3, 0.4) is 0 Å². The van der Waals surface area contributed by atoms with Crippen LogP contribution in [0.25, 0.3) is 0 Å². The summed E-state index contributed by atoms with van der Waals surface area (Å²) in [6.07, 6.45) is 0. The van der Waals surface area contributed by atoms with Crippen LogP contribution < -0.4 is 10.2 Å². The predicted molar refractivity (Wildman–Crippen MR) is 109 cm³/mol. The number of aliphatic hydroxyl groups excluding tert-OH is 1. The van der Waals surface area contributed by atoms with Crippen LogP contribution in [0.2, 0.25) is 0 Å². The maximum absolute atomic E-state index is 12.7. The fourth-order valence-electron chi connectivity index (χ4n) is 3.56. The van der Waals surface area contributed by atoms with Gasteiger partial charge >= 0.3 is 11.9 Å². The third-order valence-corrected chi connectivity index (χ3v) is 5.32. The molecule has 10 nitrogen and oxygen atoms in total. The Kier molecular flexibility index (Phi) is 6.58. The zero-order valence-corrected chi connectivity index (χ0v) is 17.1. The molecule has 1 aromatic carbocycles. The molecule has 0 saturated carbocycles. The van der Waals surface area contributed by atoms with Gasteiger partial charge in [0.25, 0.3) is 5.91 Å². The number of nitrogens with zero attached hydrogens (tertiary/aromatic N) is 3. The van der Waals surface area contributed by atoms with Crippen LogP contribution in [-0.2, 0) is 14.3 Å². The molecular formula is C20H26N4O6. The van der Waals surface area contributed by atoms with E-state index < -0.39 is 17.8 Å². The van der Waals surface area contributed by atoms with Crippen LogP contribution in [0, 0.1) is 0 Å². The third kappa shape index (κ3) is 4.39. The molecule has 0 aliphatic carbocycles. The molecule has 3 rings (SSSR count). The van der Waals surface area contributed by atoms with Crippen LogP contribution in [0.1, 0.15) is 10.4 Å². The molecule has 162 valence electrons. The number of likely N-dealkylation sites (N-methyl/N-ethyl adjacent to an activating group) is 1. The molecule has 0 aromatic heterocycles. The Labute approximate surface area is 174 Å². The molecular weight excluding hydrogens is 392 g/mol. The fraction of sp³-hybridized carbons (Fsp3) is 0.450. The van der Waals surface area contributed by atoms with Crippen molar-refractivity contribution in [2.75, 3.05) is 70.2 Å². The highest BCUT2D eigenvalue weighted by Crippen LogP contribution is 2.28. The van der Waals surface area contributed by atoms with Crippen LogP contribution in [-0.4, -0.2) is 97.9 Å². The zero-order valence-electron chi connectivity index (χ0n) is 17.1. The van der Waals surface area contributed by atoms with E-state index in [9.17, 15) is 19.5 Å². The summed E-state index contributed by atoms with van der Waals surface area (Å²) in [5, 5.41) is 21.7. The number of carboxylic acids is 1. The smallest absolute Gasteiger partial charge is 0.337 e. The minimum absolute atomic E-state index is 0.00319. The Balaban J connectivity index is 1.91. The van der Waals surface area contributed by atoms with Crippen LogP contribution in [0.5, 0.6) is 0 Å². The van der Waals surface area contributed by atoms with Crippen LogP contribution in [0.15, 0.2) is 29.5 Å². The Morgan fingerprint density at radius 1 is 1.20 bits per heavy atom. The molecule has 0 bridgehead atoms. The molecule has 0 radical (unpaired) electrons. The Bertz CT molecular complexity index is 876. The van der Waals surface area contributed by atoms with E-state index in [1.54, 1.807) is 18.2 Å². The second-order valence-corrected chi connectivity index (χ2v) is 7.25. The third-order valence-electron chi connectivity index (χ3n) is 5.32. The second kappa shape index (κ2) is 9.14. The van der Waals surface area contributed by atoms with Gasteiger partial charge in [0.15, 0.2) is 0 Å². The molecule has 30 heavy (non-hydrogen) atoms. The average molecular weight is 418 g/mol. The number of benzene rings is 1. The van der Waals surface area contributed by atoms with Crippen molar-refractivity contribution in [3.63, 3.8) is 0 Å². The minimum atomic E-state index is -1.15. The molecule has 0 unspecified atom stereocenters. The quantitative estimate of drug-likeness (QED) is 0.517. The standard InChI is InChI=1S/C20H26N4O6/c1-22-5-7-23(8-6-22)13-3-4-16(14(11-13)19(27)28)21-17-15(20(29)30-2)12-24(9-10-25)18(17)26/h3-4,11,21,25H,5-10,12H2,1-2H3,(H,27,28). The molecule has 2 aliphatic heterocycles. The van der Waals surface area contributed by atoms with Crippen LogP contribution >= 0.6 is 0 Å². The molecule has 1 saturated heterocycles. The Morgan fingerprint density at radius 3 is 2.50 bits per heavy atom. The number of carbonyl (C=O) groups excluding carboxylic acids is 2. The van der Waals surface area contributed by atoms with Crippen molar-refractivity contribution in [2.45, 2.75) is 0 Å². The lowest BCUT2D eigenvalue weighted by Gasteiger charge is -2.34. The van der Waals surface area contributed by atoms with E-state index in [2.05, 4.69) is 15.1 Å². The fourth-order valence-corrected chi connectivity index (χ4v) is 3.56. The summed E-state index contributed by atoms with van der Waals surface area (Å²) in [4.78, 5) is 42.3. The maximum atomic E-state index is 12.7. The SMILES string of the molecule is COC(=O)C1=C(Nc2ccc(N3CCN(C)CC3)cc2C(=O)O)C(=O)N(CCO)C1. The summed E-state index contributed by atoms with van der Waals surface area (Å²) in [5.74, 6) is -2.33. The van der Waals surface area contributed by atoms with Crippen molar-refractivity contribution in [1.29, 1.82) is 0 Å². The number of amides is 1. The number of aliphatic hydroxyl groups is 1. The topological polar surface area (TPSA) is 123 Å². The molecule has 2 aliphatic rings. The number of β-amino-alcohol motifs (C(OH)–C–C–N with tert-alkyl or cyclic N) is 1. The van der Waals surface area contributed by atoms with Gasteiger partial charge in [-0.15, -0.1) is 0 Å². The zero-order chi connectivity index (χ0) is 21.8. The van der Waals surface area contributed by atoms with Crippen LogP contribution in [0.4, 0.5) is 11.4 Å². The molecule has 10 heteroatoms. The maximum Gasteiger partial charge on any atom is 0.337 e. The molecule has 1 fully saturated rings. The van der Waals surface area contributed by atoms with Gasteiger partial charge in [-0.25, -0.2) is 9.59 Å². The lowest BCUT2D eigenvalue weighted by Crippen LogP contribution is -2.44. The Morgan fingerprint density at radius 2 is 1.90 bits per heavy atom. The molecule has 1 aromatic rings. The number of aromatic carboxylic acids is 1. The van der Waals surface area contributed by atoms with Gasteiger partial charge in [0.05, 0.1) is 37.1 Å². The molecule has 2 heterocycles. The van der Waals surface area contributed by atoms with Gasteiger partial charge in [0, 0.05) is 38.4 Å². The number of hydrogen-bond acceptors (Lipinski definition) is 8. The van der Waals surface area contributed by atoms with Gasteiger partial charge in [-0.1, -0.05) is 0 Å². The van der Waals surface area contributed by atoms with E-state index in [1.165, 1.54) is 12.0 Å². The van der Waals surface area contributed by atoms with E-state index in [0.717, 1.165) is 31.9 Å². The number of anilines is 2. The normalized spacial score (nSPS) is 17.5. The highest BCUT2D eigenvalue weighted by atomic mass is 16.5. The van der Waals surface area contributed by atoms with Gasteiger partial charge in [0.2, 0.25) is 0 Å². The largest absolute Gasteiger partial charge is 0.478 e. The number of carboxylic acid groups (broad SMARTS) is 1. The number of carbonyl (C=O) groups is 3. The lowest BCUT2D eigenvalue weighted by molar-refractivity contribution is -0.136. The highest BCUT2D eigenvalue weighted by Gasteiger charge is 2.35. The first-order chi connectivity index (χ1) is 14.3. The first kappa shape index (κ1) is 21.6. The van der Waals surface area contributed by atoms with E-state index in [-0.39, 0.29) is 42.2 Å². The summed E-state index contributed by atoms with van der Waals surface area (Å²) in [7, 11) is 3.25. The molecule has 0 spiro atoms. The first-order valence-electron chi connectivity index (χ1n) is 9.65. The van der Waals surface area contributed by atoms with E-state index in [4.69, 9.17) is 9.84 Å². The highest BCUT2D eigenvalue weighted by molar-refractivity contribution is 6.09. The first-order valence-corrected chi connectivity index (χ1v) is 9.65. The predicted octanol–water partition coefficient (Wildman–Crippen LogP) is -0.190. The number of hydrogen-bond donors (Lipinski definition) is 3. The second-order valence-electron chi connectivity index (χ2n) is 7.25. The summed E-state index contributed by atoms with van der Waals surface area (Å²) in [6, 6.07) is 4.96. The van der Waals surface area contributed by atoms with Gasteiger partial charge in [-0.05, 0) is 25.2 Å².